The second kappa shape index (κ2) is 6.59. The molecule has 1 heterocycles. The minimum absolute atomic E-state index is 0.289. The van der Waals surface area contributed by atoms with E-state index in [9.17, 15) is 4.79 Å². The van der Waals surface area contributed by atoms with Gasteiger partial charge in [-0.15, -0.1) is 0 Å². The van der Waals surface area contributed by atoms with Crippen molar-refractivity contribution in [1.82, 2.24) is 4.98 Å². The monoisotopic (exact) mass is 310 g/mol. The van der Waals surface area contributed by atoms with E-state index in [0.717, 1.165) is 0 Å². The maximum atomic E-state index is 12.2. The summed E-state index contributed by atoms with van der Waals surface area (Å²) >= 11 is 11.8. The second-order valence-corrected chi connectivity index (χ2v) is 4.71. The highest BCUT2D eigenvalue weighted by atomic mass is 35.5. The van der Waals surface area contributed by atoms with Gasteiger partial charge in [0.1, 0.15) is 5.69 Å². The zero-order valence-electron chi connectivity index (χ0n) is 10.7. The quantitative estimate of drug-likeness (QED) is 0.927. The Balaban J connectivity index is 2.23. The van der Waals surface area contributed by atoms with E-state index in [0.29, 0.717) is 28.8 Å². The molecule has 1 aromatic carbocycles. The van der Waals surface area contributed by atoms with Crippen molar-refractivity contribution in [2.24, 2.45) is 0 Å². The number of hydrogen-bond acceptors (Lipinski definition) is 3. The number of carbonyl (C=O) groups is 1. The van der Waals surface area contributed by atoms with E-state index in [4.69, 9.17) is 27.9 Å². The third kappa shape index (κ3) is 3.40. The first-order chi connectivity index (χ1) is 9.61. The van der Waals surface area contributed by atoms with E-state index in [1.807, 2.05) is 6.92 Å². The molecular formula is C14H12Cl2N2O2. The molecular weight excluding hydrogens is 299 g/mol. The summed E-state index contributed by atoms with van der Waals surface area (Å²) in [6.45, 7) is 2.30. The molecule has 0 aliphatic carbocycles. The number of benzene rings is 1. The summed E-state index contributed by atoms with van der Waals surface area (Å²) in [6.07, 6.45) is 1.59. The van der Waals surface area contributed by atoms with Crippen LogP contribution < -0.4 is 10.1 Å². The van der Waals surface area contributed by atoms with Crippen LogP contribution in [0.4, 0.5) is 5.69 Å². The largest absolute Gasteiger partial charge is 0.476 e. The first kappa shape index (κ1) is 14.6. The Morgan fingerprint density at radius 2 is 2.15 bits per heavy atom. The van der Waals surface area contributed by atoms with Crippen LogP contribution in [0.2, 0.25) is 10.0 Å². The van der Waals surface area contributed by atoms with Gasteiger partial charge >= 0.3 is 0 Å². The first-order valence-corrected chi connectivity index (χ1v) is 6.71. The van der Waals surface area contributed by atoms with E-state index < -0.39 is 0 Å². The van der Waals surface area contributed by atoms with Crippen LogP contribution >= 0.6 is 23.2 Å². The average molecular weight is 311 g/mol. The number of nitrogens with zero attached hydrogens (tertiary/aromatic N) is 1. The van der Waals surface area contributed by atoms with Gasteiger partial charge in [0.15, 0.2) is 0 Å². The first-order valence-electron chi connectivity index (χ1n) is 5.96. The summed E-state index contributed by atoms with van der Waals surface area (Å²) in [5, 5.41) is 3.48. The van der Waals surface area contributed by atoms with Crippen LogP contribution in [0.5, 0.6) is 5.88 Å². The summed E-state index contributed by atoms with van der Waals surface area (Å²) in [5.74, 6) is 0.0223. The van der Waals surface area contributed by atoms with Gasteiger partial charge in [-0.1, -0.05) is 23.2 Å². The molecule has 0 radical (unpaired) electrons. The number of hydrogen-bond donors (Lipinski definition) is 1. The van der Waals surface area contributed by atoms with Crippen LogP contribution in [-0.2, 0) is 0 Å². The molecule has 2 aromatic rings. The normalized spacial score (nSPS) is 10.2. The SMILES string of the molecule is CCOc1ncccc1NC(=O)c1ccc(Cl)cc1Cl. The molecule has 1 N–H and O–H groups in total. The molecule has 0 spiro atoms. The lowest BCUT2D eigenvalue weighted by Crippen LogP contribution is -2.14. The molecule has 2 rings (SSSR count). The molecule has 1 amide bonds. The highest BCUT2D eigenvalue weighted by Gasteiger charge is 2.13. The fourth-order valence-corrected chi connectivity index (χ4v) is 2.10. The van der Waals surface area contributed by atoms with Gasteiger partial charge in [0.05, 0.1) is 17.2 Å². The number of carbonyl (C=O) groups excluding carboxylic acids is 1. The number of halogens is 2. The smallest absolute Gasteiger partial charge is 0.257 e. The van der Waals surface area contributed by atoms with Crippen molar-refractivity contribution in [3.8, 4) is 5.88 Å². The summed E-state index contributed by atoms with van der Waals surface area (Å²) in [5.41, 5.74) is 0.827. The third-order valence-electron chi connectivity index (χ3n) is 2.48. The number of rotatable bonds is 4. The predicted molar refractivity (Wildman–Crippen MR) is 79.8 cm³/mol. The van der Waals surface area contributed by atoms with Gasteiger partial charge in [0, 0.05) is 11.2 Å². The molecule has 6 heteroatoms. The van der Waals surface area contributed by atoms with Gasteiger partial charge < -0.3 is 10.1 Å². The fraction of sp³-hybridized carbons (Fsp3) is 0.143. The minimum atomic E-state index is -0.347. The summed E-state index contributed by atoms with van der Waals surface area (Å²) < 4.78 is 5.34. The number of anilines is 1. The number of ether oxygens (including phenoxy) is 1. The lowest BCUT2D eigenvalue weighted by molar-refractivity contribution is 0.102. The molecule has 0 atom stereocenters. The Bertz CT molecular complexity index is 632. The Morgan fingerprint density at radius 1 is 1.35 bits per heavy atom. The summed E-state index contributed by atoms with van der Waals surface area (Å²) in [7, 11) is 0. The van der Waals surface area contributed by atoms with E-state index in [-0.39, 0.29) is 10.9 Å². The highest BCUT2D eigenvalue weighted by Crippen LogP contribution is 2.25. The van der Waals surface area contributed by atoms with Crippen molar-refractivity contribution in [1.29, 1.82) is 0 Å². The van der Waals surface area contributed by atoms with Crippen LogP contribution in [0.15, 0.2) is 36.5 Å². The fourth-order valence-electron chi connectivity index (χ4n) is 1.60. The molecule has 20 heavy (non-hydrogen) atoms. The number of nitrogens with one attached hydrogen (secondary N) is 1. The van der Waals surface area contributed by atoms with Gasteiger partial charge in [-0.25, -0.2) is 4.98 Å². The zero-order chi connectivity index (χ0) is 14.5. The maximum Gasteiger partial charge on any atom is 0.257 e. The van der Waals surface area contributed by atoms with Gasteiger partial charge in [-0.05, 0) is 37.3 Å². The second-order valence-electron chi connectivity index (χ2n) is 3.87. The van der Waals surface area contributed by atoms with Crippen molar-refractivity contribution in [2.45, 2.75) is 6.92 Å². The molecule has 0 fully saturated rings. The van der Waals surface area contributed by atoms with Crippen LogP contribution in [0.1, 0.15) is 17.3 Å². The highest BCUT2D eigenvalue weighted by molar-refractivity contribution is 6.37. The standard InChI is InChI=1S/C14H12Cl2N2O2/c1-2-20-14-12(4-3-7-17-14)18-13(19)10-6-5-9(15)8-11(10)16/h3-8H,2H2,1H3,(H,18,19). The Morgan fingerprint density at radius 3 is 2.85 bits per heavy atom. The molecule has 104 valence electrons. The third-order valence-corrected chi connectivity index (χ3v) is 3.02. The Hall–Kier alpha value is -1.78. The number of amides is 1. The van der Waals surface area contributed by atoms with Crippen LogP contribution in [0.3, 0.4) is 0 Å². The lowest BCUT2D eigenvalue weighted by Gasteiger charge is -2.10. The lowest BCUT2D eigenvalue weighted by atomic mass is 10.2. The average Bonchev–Trinajstić information content (AvgIpc) is 2.41. The van der Waals surface area contributed by atoms with Gasteiger partial charge in [-0.2, -0.15) is 0 Å². The molecule has 0 aliphatic rings. The molecule has 0 saturated heterocycles. The van der Waals surface area contributed by atoms with Gasteiger partial charge in [-0.3, -0.25) is 4.79 Å². The minimum Gasteiger partial charge on any atom is -0.476 e. The van der Waals surface area contributed by atoms with E-state index >= 15 is 0 Å². The molecule has 0 bridgehead atoms. The topological polar surface area (TPSA) is 51.2 Å². The maximum absolute atomic E-state index is 12.2. The Labute approximate surface area is 126 Å². The number of pyridine rings is 1. The van der Waals surface area contributed by atoms with Crippen molar-refractivity contribution in [3.63, 3.8) is 0 Å². The zero-order valence-corrected chi connectivity index (χ0v) is 12.2. The van der Waals surface area contributed by atoms with Crippen molar-refractivity contribution in [2.75, 3.05) is 11.9 Å². The molecule has 4 nitrogen and oxygen atoms in total. The molecule has 0 unspecified atom stereocenters. The van der Waals surface area contributed by atoms with E-state index in [2.05, 4.69) is 10.3 Å². The summed E-state index contributed by atoms with van der Waals surface area (Å²) in [4.78, 5) is 16.2. The van der Waals surface area contributed by atoms with Crippen molar-refractivity contribution in [3.05, 3.63) is 52.1 Å². The van der Waals surface area contributed by atoms with Crippen LogP contribution in [-0.4, -0.2) is 17.5 Å². The van der Waals surface area contributed by atoms with E-state index in [1.54, 1.807) is 30.5 Å². The number of aromatic nitrogens is 1. The van der Waals surface area contributed by atoms with Crippen LogP contribution in [0, 0.1) is 0 Å². The van der Waals surface area contributed by atoms with E-state index in [1.165, 1.54) is 6.07 Å². The molecule has 0 aliphatic heterocycles. The van der Waals surface area contributed by atoms with Crippen LogP contribution in [0.25, 0.3) is 0 Å². The van der Waals surface area contributed by atoms with Crippen molar-refractivity contribution >= 4 is 34.8 Å². The van der Waals surface area contributed by atoms with Gasteiger partial charge in [0.25, 0.3) is 5.91 Å². The predicted octanol–water partition coefficient (Wildman–Crippen LogP) is 4.04. The Kier molecular flexibility index (Phi) is 4.82. The summed E-state index contributed by atoms with van der Waals surface area (Å²) in [6, 6.07) is 8.11. The molecule has 0 saturated carbocycles. The van der Waals surface area contributed by atoms with Crippen molar-refractivity contribution < 1.29 is 9.53 Å². The molecule has 1 aromatic heterocycles. The van der Waals surface area contributed by atoms with Gasteiger partial charge in [0.2, 0.25) is 5.88 Å².